The molecule has 4 aliphatic rings. The van der Waals surface area contributed by atoms with Crippen LogP contribution in [0.2, 0.25) is 0 Å². The second kappa shape index (κ2) is 6.09. The fraction of sp³-hybridized carbons (Fsp3) is 0.294. The van der Waals surface area contributed by atoms with E-state index in [1.807, 2.05) is 12.1 Å². The van der Waals surface area contributed by atoms with Crippen molar-refractivity contribution >= 4 is 19.7 Å². The van der Waals surface area contributed by atoms with Crippen molar-refractivity contribution in [1.29, 1.82) is 0 Å². The van der Waals surface area contributed by atoms with Crippen LogP contribution in [-0.4, -0.2) is 22.6 Å². The summed E-state index contributed by atoms with van der Waals surface area (Å²) in [4.78, 5) is 0. The van der Waals surface area contributed by atoms with Gasteiger partial charge in [-0.25, -0.2) is 16.8 Å². The van der Waals surface area contributed by atoms with E-state index in [1.54, 1.807) is 36.4 Å². The number of hydrogen-bond donors (Lipinski definition) is 0. The molecule has 0 N–H and O–H groups in total. The first-order valence-electron chi connectivity index (χ1n) is 7.38. The summed E-state index contributed by atoms with van der Waals surface area (Å²) in [6.07, 6.45) is 0.438. The summed E-state index contributed by atoms with van der Waals surface area (Å²) in [5.74, 6) is 0.0274. The van der Waals surface area contributed by atoms with Gasteiger partial charge in [0.2, 0.25) is 0 Å². The molecule has 6 heteroatoms. The minimum atomic E-state index is -3.25. The lowest BCUT2D eigenvalue weighted by Crippen LogP contribution is -2.11. The van der Waals surface area contributed by atoms with Gasteiger partial charge in [-0.1, -0.05) is 48.5 Å². The fourth-order valence-electron chi connectivity index (χ4n) is 2.69. The van der Waals surface area contributed by atoms with E-state index in [4.69, 9.17) is 0 Å². The monoisotopic (exact) mass is 350 g/mol. The van der Waals surface area contributed by atoms with Crippen LogP contribution in [0.4, 0.5) is 0 Å². The van der Waals surface area contributed by atoms with Crippen LogP contribution in [-0.2, 0) is 43.4 Å². The van der Waals surface area contributed by atoms with Crippen LogP contribution < -0.4 is 0 Å². The summed E-state index contributed by atoms with van der Waals surface area (Å²) in [5.41, 5.74) is 3.00. The molecule has 122 valence electrons. The molecule has 0 aliphatic carbocycles. The van der Waals surface area contributed by atoms with Crippen molar-refractivity contribution in [2.24, 2.45) is 0 Å². The van der Waals surface area contributed by atoms with E-state index in [-0.39, 0.29) is 23.0 Å². The van der Waals surface area contributed by atoms with E-state index < -0.39 is 19.7 Å². The molecular weight excluding hydrogens is 332 g/mol. The van der Waals surface area contributed by atoms with Gasteiger partial charge in [-0.2, -0.15) is 0 Å². The van der Waals surface area contributed by atoms with Crippen molar-refractivity contribution in [1.82, 2.24) is 0 Å². The van der Waals surface area contributed by atoms with Gasteiger partial charge in [0.25, 0.3) is 0 Å². The summed E-state index contributed by atoms with van der Waals surface area (Å²) >= 11 is 0. The molecule has 0 aromatic heterocycles. The average Bonchev–Trinajstić information content (AvgIpc) is 2.48. The van der Waals surface area contributed by atoms with Crippen LogP contribution in [0.1, 0.15) is 22.3 Å². The Morgan fingerprint density at radius 3 is 1.30 bits per heavy atom. The summed E-state index contributed by atoms with van der Waals surface area (Å²) in [7, 11) is -6.44. The smallest absolute Gasteiger partial charge is 0.158 e. The highest BCUT2D eigenvalue weighted by Crippen LogP contribution is 2.17. The van der Waals surface area contributed by atoms with Gasteiger partial charge in [0.05, 0.1) is 23.0 Å². The molecule has 0 saturated heterocycles. The van der Waals surface area contributed by atoms with Crippen LogP contribution in [0.25, 0.3) is 0 Å². The van der Waals surface area contributed by atoms with Crippen molar-refractivity contribution in [2.45, 2.75) is 23.7 Å². The second-order valence-corrected chi connectivity index (χ2v) is 10.3. The van der Waals surface area contributed by atoms with Crippen molar-refractivity contribution in [3.05, 3.63) is 70.8 Å². The zero-order valence-corrected chi connectivity index (χ0v) is 14.2. The molecule has 0 unspecified atom stereocenters. The molecule has 23 heavy (non-hydrogen) atoms. The maximum Gasteiger partial charge on any atom is 0.158 e. The molecule has 0 amide bonds. The Bertz CT molecular complexity index is 894. The van der Waals surface area contributed by atoms with Crippen LogP contribution >= 0.6 is 0 Å². The van der Waals surface area contributed by atoms with Crippen molar-refractivity contribution in [3.63, 3.8) is 0 Å². The van der Waals surface area contributed by atoms with E-state index in [0.717, 1.165) is 11.1 Å². The minimum absolute atomic E-state index is 0.00662. The molecule has 0 spiro atoms. The first-order chi connectivity index (χ1) is 10.8. The van der Waals surface area contributed by atoms with E-state index >= 15 is 0 Å². The highest BCUT2D eigenvalue weighted by Gasteiger charge is 2.16. The second-order valence-electron chi connectivity index (χ2n) is 6.01. The van der Waals surface area contributed by atoms with Gasteiger partial charge in [0.15, 0.2) is 19.7 Å². The van der Waals surface area contributed by atoms with Crippen molar-refractivity contribution < 1.29 is 16.8 Å². The first-order valence-corrected chi connectivity index (χ1v) is 11.0. The zero-order valence-electron chi connectivity index (χ0n) is 12.6. The third kappa shape index (κ3) is 4.42. The molecule has 2 aromatic rings. The summed E-state index contributed by atoms with van der Waals surface area (Å²) < 4.78 is 49.0. The quantitative estimate of drug-likeness (QED) is 0.731. The molecule has 4 nitrogen and oxygen atoms in total. The molecule has 4 aliphatic heterocycles. The molecule has 0 saturated carbocycles. The normalized spacial score (nSPS) is 19.8. The van der Waals surface area contributed by atoms with Gasteiger partial charge in [0.1, 0.15) is 0 Å². The molecule has 4 heterocycles. The van der Waals surface area contributed by atoms with E-state index in [2.05, 4.69) is 0 Å². The lowest BCUT2D eigenvalue weighted by Gasteiger charge is -2.06. The molecule has 0 atom stereocenters. The number of aryl methyl sites for hydroxylation is 1. The molecule has 4 bridgehead atoms. The Balaban J connectivity index is 2.01. The maximum atomic E-state index is 12.3. The number of sulfone groups is 2. The summed E-state index contributed by atoms with van der Waals surface area (Å²) in [6, 6.07) is 14.0. The maximum absolute atomic E-state index is 12.3. The summed E-state index contributed by atoms with van der Waals surface area (Å²) in [6.45, 7) is 0. The Hall–Kier alpha value is -1.66. The molecule has 2 aromatic carbocycles. The minimum Gasteiger partial charge on any atom is -0.228 e. The summed E-state index contributed by atoms with van der Waals surface area (Å²) in [5, 5.41) is 0. The molecule has 0 radical (unpaired) electrons. The standard InChI is InChI=1S/C17H18O4S2/c18-22(19)10-9-14-1-3-16(4-2-14)12-23(20,21)13-17-7-5-15(11-22)6-8-17/h1-8H,9-13H2. The third-order valence-electron chi connectivity index (χ3n) is 3.91. The highest BCUT2D eigenvalue weighted by atomic mass is 32.2. The van der Waals surface area contributed by atoms with Gasteiger partial charge in [0, 0.05) is 0 Å². The first kappa shape index (κ1) is 16.2. The molecule has 6 rings (SSSR count). The topological polar surface area (TPSA) is 68.3 Å². The predicted molar refractivity (Wildman–Crippen MR) is 90.4 cm³/mol. The van der Waals surface area contributed by atoms with Crippen LogP contribution in [0.3, 0.4) is 0 Å². The number of hydrogen-bond acceptors (Lipinski definition) is 4. The van der Waals surface area contributed by atoms with Crippen LogP contribution in [0.5, 0.6) is 0 Å². The van der Waals surface area contributed by atoms with E-state index in [0.29, 0.717) is 17.5 Å². The number of benzene rings is 2. The number of rotatable bonds is 0. The largest absolute Gasteiger partial charge is 0.228 e. The lowest BCUT2D eigenvalue weighted by atomic mass is 10.1. The Labute approximate surface area is 137 Å². The zero-order chi connectivity index (χ0) is 16.5. The van der Waals surface area contributed by atoms with Gasteiger partial charge in [-0.3, -0.25) is 0 Å². The van der Waals surface area contributed by atoms with Gasteiger partial charge in [-0.15, -0.1) is 0 Å². The van der Waals surface area contributed by atoms with Gasteiger partial charge < -0.3 is 0 Å². The van der Waals surface area contributed by atoms with Crippen LogP contribution in [0.15, 0.2) is 48.5 Å². The SMILES string of the molecule is O=S1(=O)CCc2ccc(cc2)CS(=O)(=O)Cc2ccc(cc2)C1. The Morgan fingerprint density at radius 2 is 0.870 bits per heavy atom. The van der Waals surface area contributed by atoms with Crippen molar-refractivity contribution in [3.8, 4) is 0 Å². The molecular formula is C17H18O4S2. The Kier molecular flexibility index (Phi) is 4.29. The Morgan fingerprint density at radius 1 is 0.522 bits per heavy atom. The highest BCUT2D eigenvalue weighted by molar-refractivity contribution is 7.90. The predicted octanol–water partition coefficient (Wildman–Crippen LogP) is 2.27. The third-order valence-corrected chi connectivity index (χ3v) is 7.05. The van der Waals surface area contributed by atoms with Gasteiger partial charge >= 0.3 is 0 Å². The van der Waals surface area contributed by atoms with E-state index in [9.17, 15) is 16.8 Å². The van der Waals surface area contributed by atoms with Crippen LogP contribution in [0, 0.1) is 0 Å². The fourth-order valence-corrected chi connectivity index (χ4v) is 5.59. The van der Waals surface area contributed by atoms with E-state index in [1.165, 1.54) is 0 Å². The molecule has 0 fully saturated rings. The average molecular weight is 350 g/mol. The van der Waals surface area contributed by atoms with Crippen molar-refractivity contribution in [2.75, 3.05) is 5.75 Å². The lowest BCUT2D eigenvalue weighted by molar-refractivity contribution is 0.592. The van der Waals surface area contributed by atoms with Gasteiger partial charge in [-0.05, 0) is 28.7 Å².